The summed E-state index contributed by atoms with van der Waals surface area (Å²) >= 11 is 0. The molecule has 4 rings (SSSR count). The van der Waals surface area contributed by atoms with E-state index in [0.29, 0.717) is 30.9 Å². The summed E-state index contributed by atoms with van der Waals surface area (Å²) in [4.78, 5) is 27.6. The first kappa shape index (κ1) is 24.1. The second kappa shape index (κ2) is 11.0. The Bertz CT molecular complexity index is 1170. The first-order chi connectivity index (χ1) is 17.0. The lowest BCUT2D eigenvalue weighted by molar-refractivity contribution is -0.139. The van der Waals surface area contributed by atoms with Crippen molar-refractivity contribution in [1.29, 1.82) is 0 Å². The lowest BCUT2D eigenvalue weighted by atomic mass is 10.1. The number of nitrogens with zero attached hydrogens (tertiary/aromatic N) is 1. The van der Waals surface area contributed by atoms with Crippen LogP contribution >= 0.6 is 0 Å². The number of amides is 2. The zero-order chi connectivity index (χ0) is 24.8. The monoisotopic (exact) mass is 474 g/mol. The topological polar surface area (TPSA) is 77.1 Å². The Kier molecular flexibility index (Phi) is 7.55. The summed E-state index contributed by atoms with van der Waals surface area (Å²) in [5.74, 6) is 2.01. The number of rotatable bonds is 8. The van der Waals surface area contributed by atoms with Gasteiger partial charge in [0.05, 0.1) is 20.6 Å². The summed E-state index contributed by atoms with van der Waals surface area (Å²) in [6.07, 6.45) is 0.264. The van der Waals surface area contributed by atoms with Crippen LogP contribution in [-0.4, -0.2) is 37.0 Å². The van der Waals surface area contributed by atoms with Gasteiger partial charge in [0.1, 0.15) is 17.2 Å². The maximum Gasteiger partial charge on any atom is 0.264 e. The maximum absolute atomic E-state index is 13.2. The SMILES string of the molecule is CC[C@@H]1Oc2ccc(NC(=O)Cc3ccc(OC)cc3)cc2CN(Cc2ccc(OC)cc2)C1=O. The number of ether oxygens (including phenoxy) is 3. The van der Waals surface area contributed by atoms with Gasteiger partial charge in [-0.2, -0.15) is 0 Å². The first-order valence-corrected chi connectivity index (χ1v) is 11.6. The molecule has 0 bridgehead atoms. The Balaban J connectivity index is 1.50. The smallest absolute Gasteiger partial charge is 0.264 e. The van der Waals surface area contributed by atoms with Crippen molar-refractivity contribution in [2.45, 2.75) is 39.0 Å². The van der Waals surface area contributed by atoms with Crippen molar-refractivity contribution in [3.63, 3.8) is 0 Å². The molecule has 0 saturated carbocycles. The van der Waals surface area contributed by atoms with Crippen LogP contribution in [0.5, 0.6) is 17.2 Å². The van der Waals surface area contributed by atoms with Crippen molar-refractivity contribution in [3.8, 4) is 17.2 Å². The lowest BCUT2D eigenvalue weighted by Crippen LogP contribution is -2.38. The van der Waals surface area contributed by atoms with Gasteiger partial charge in [0.15, 0.2) is 6.10 Å². The average molecular weight is 475 g/mol. The van der Waals surface area contributed by atoms with Crippen molar-refractivity contribution >= 4 is 17.5 Å². The number of benzene rings is 3. The fourth-order valence-electron chi connectivity index (χ4n) is 4.06. The molecule has 1 atom stereocenters. The van der Waals surface area contributed by atoms with Crippen molar-refractivity contribution in [2.75, 3.05) is 19.5 Å². The van der Waals surface area contributed by atoms with Crippen molar-refractivity contribution < 1.29 is 23.8 Å². The van der Waals surface area contributed by atoms with E-state index >= 15 is 0 Å². The van der Waals surface area contributed by atoms with Crippen LogP contribution in [-0.2, 0) is 29.1 Å². The summed E-state index contributed by atoms with van der Waals surface area (Å²) < 4.78 is 16.5. The van der Waals surface area contributed by atoms with Crippen LogP contribution in [0.25, 0.3) is 0 Å². The van der Waals surface area contributed by atoms with Gasteiger partial charge in [-0.05, 0) is 60.0 Å². The van der Waals surface area contributed by atoms with Gasteiger partial charge in [-0.25, -0.2) is 0 Å². The molecule has 35 heavy (non-hydrogen) atoms. The van der Waals surface area contributed by atoms with Gasteiger partial charge in [0, 0.05) is 24.3 Å². The molecule has 0 aliphatic carbocycles. The zero-order valence-corrected chi connectivity index (χ0v) is 20.2. The van der Waals surface area contributed by atoms with E-state index in [9.17, 15) is 9.59 Å². The fourth-order valence-corrected chi connectivity index (χ4v) is 4.06. The standard InChI is InChI=1S/C28H30N2O5/c1-4-25-28(32)30(17-20-7-12-24(34-3)13-8-20)18-21-16-22(9-14-26(21)35-25)29-27(31)15-19-5-10-23(33-2)11-6-19/h5-14,16,25H,4,15,17-18H2,1-3H3,(H,29,31)/t25-/m0/s1. The quantitative estimate of drug-likeness (QED) is 0.517. The summed E-state index contributed by atoms with van der Waals surface area (Å²) in [5, 5.41) is 2.96. The van der Waals surface area contributed by atoms with Crippen LogP contribution in [0.3, 0.4) is 0 Å². The molecule has 1 aliphatic heterocycles. The Labute approximate surface area is 205 Å². The number of carbonyl (C=O) groups is 2. The minimum absolute atomic E-state index is 0.0513. The second-order valence-corrected chi connectivity index (χ2v) is 8.45. The molecule has 0 spiro atoms. The van der Waals surface area contributed by atoms with Gasteiger partial charge in [0.2, 0.25) is 5.91 Å². The highest BCUT2D eigenvalue weighted by Gasteiger charge is 2.30. The molecule has 0 aromatic heterocycles. The predicted molar refractivity (Wildman–Crippen MR) is 134 cm³/mol. The van der Waals surface area contributed by atoms with E-state index in [1.54, 1.807) is 25.2 Å². The minimum atomic E-state index is -0.551. The van der Waals surface area contributed by atoms with Gasteiger partial charge >= 0.3 is 0 Å². The largest absolute Gasteiger partial charge is 0.497 e. The number of methoxy groups -OCH3 is 2. The van der Waals surface area contributed by atoms with Crippen LogP contribution in [0.1, 0.15) is 30.0 Å². The highest BCUT2D eigenvalue weighted by molar-refractivity contribution is 5.92. The highest BCUT2D eigenvalue weighted by atomic mass is 16.5. The van der Waals surface area contributed by atoms with Gasteiger partial charge in [-0.3, -0.25) is 9.59 Å². The molecule has 7 nitrogen and oxygen atoms in total. The number of hydrogen-bond acceptors (Lipinski definition) is 5. The van der Waals surface area contributed by atoms with E-state index in [1.165, 1.54) is 0 Å². The minimum Gasteiger partial charge on any atom is -0.497 e. The van der Waals surface area contributed by atoms with Crippen molar-refractivity contribution in [1.82, 2.24) is 4.90 Å². The molecule has 2 amide bonds. The number of carbonyl (C=O) groups excluding carboxylic acids is 2. The number of nitrogens with one attached hydrogen (secondary N) is 1. The predicted octanol–water partition coefficient (Wildman–Crippen LogP) is 4.58. The fraction of sp³-hybridized carbons (Fsp3) is 0.286. The van der Waals surface area contributed by atoms with E-state index in [0.717, 1.165) is 28.2 Å². The summed E-state index contributed by atoms with van der Waals surface area (Å²) in [6.45, 7) is 2.78. The van der Waals surface area contributed by atoms with Crippen LogP contribution < -0.4 is 19.5 Å². The summed E-state index contributed by atoms with van der Waals surface area (Å²) in [5.41, 5.74) is 3.41. The number of hydrogen-bond donors (Lipinski definition) is 1. The van der Waals surface area contributed by atoms with Crippen LogP contribution in [0.2, 0.25) is 0 Å². The third kappa shape index (κ3) is 5.93. The van der Waals surface area contributed by atoms with Crippen molar-refractivity contribution in [3.05, 3.63) is 83.4 Å². The summed E-state index contributed by atoms with van der Waals surface area (Å²) in [7, 11) is 3.24. The Morgan fingerprint density at radius 1 is 0.971 bits per heavy atom. The number of anilines is 1. The molecule has 0 radical (unpaired) electrons. The second-order valence-electron chi connectivity index (χ2n) is 8.45. The van der Waals surface area contributed by atoms with Gasteiger partial charge in [-0.1, -0.05) is 31.2 Å². The van der Waals surface area contributed by atoms with E-state index in [2.05, 4.69) is 5.32 Å². The molecule has 1 heterocycles. The Morgan fingerprint density at radius 2 is 1.60 bits per heavy atom. The molecule has 0 unspecified atom stereocenters. The molecule has 0 saturated heterocycles. The molecule has 1 N–H and O–H groups in total. The molecule has 182 valence electrons. The van der Waals surface area contributed by atoms with Crippen molar-refractivity contribution in [2.24, 2.45) is 0 Å². The normalized spacial score (nSPS) is 15.0. The Hall–Kier alpha value is -4.00. The third-order valence-electron chi connectivity index (χ3n) is 5.99. The summed E-state index contributed by atoms with van der Waals surface area (Å²) in [6, 6.07) is 20.6. The van der Waals surface area contributed by atoms with Crippen LogP contribution in [0.15, 0.2) is 66.7 Å². The molecule has 3 aromatic carbocycles. The van der Waals surface area contributed by atoms with E-state index in [-0.39, 0.29) is 18.2 Å². The molecule has 3 aromatic rings. The average Bonchev–Trinajstić information content (AvgIpc) is 3.00. The molecule has 1 aliphatic rings. The highest BCUT2D eigenvalue weighted by Crippen LogP contribution is 2.30. The number of fused-ring (bicyclic) bond motifs is 1. The molecule has 0 fully saturated rings. The van der Waals surface area contributed by atoms with E-state index in [1.807, 2.05) is 67.6 Å². The molecular weight excluding hydrogens is 444 g/mol. The van der Waals surface area contributed by atoms with Gasteiger partial charge in [-0.15, -0.1) is 0 Å². The zero-order valence-electron chi connectivity index (χ0n) is 20.2. The molecule has 7 heteroatoms. The maximum atomic E-state index is 13.2. The van der Waals surface area contributed by atoms with Gasteiger partial charge < -0.3 is 24.4 Å². The first-order valence-electron chi connectivity index (χ1n) is 11.6. The third-order valence-corrected chi connectivity index (χ3v) is 5.99. The van der Waals surface area contributed by atoms with E-state index in [4.69, 9.17) is 14.2 Å². The van der Waals surface area contributed by atoms with E-state index < -0.39 is 6.10 Å². The van der Waals surface area contributed by atoms with Gasteiger partial charge in [0.25, 0.3) is 5.91 Å². The molecular formula is C28H30N2O5. The Morgan fingerprint density at radius 3 is 2.20 bits per heavy atom. The van der Waals surface area contributed by atoms with Crippen LogP contribution in [0.4, 0.5) is 5.69 Å². The lowest BCUT2D eigenvalue weighted by Gasteiger charge is -2.23. The van der Waals surface area contributed by atoms with Crippen LogP contribution in [0, 0.1) is 0 Å².